The van der Waals surface area contributed by atoms with Crippen LogP contribution >= 0.6 is 0 Å². The maximum absolute atomic E-state index is 11.7. The molecule has 0 fully saturated rings. The number of aryl methyl sites for hydroxylation is 1. The average molecular weight is 433 g/mol. The molecule has 7 nitrogen and oxygen atoms in total. The number of hydrogen-bond acceptors (Lipinski definition) is 5. The molecule has 0 saturated heterocycles. The van der Waals surface area contributed by atoms with E-state index in [1.165, 1.54) is 6.08 Å². The number of hydrogen-bond donors (Lipinski definition) is 4. The van der Waals surface area contributed by atoms with Crippen LogP contribution in [0.15, 0.2) is 55.1 Å². The van der Waals surface area contributed by atoms with E-state index in [2.05, 4.69) is 66.5 Å². The Balaban J connectivity index is 1.93. The van der Waals surface area contributed by atoms with Gasteiger partial charge in [-0.3, -0.25) is 9.89 Å². The Hall–Kier alpha value is -3.45. The molecule has 0 spiro atoms. The number of pyridine rings is 1. The summed E-state index contributed by atoms with van der Waals surface area (Å²) in [5.74, 6) is 1.16. The molecule has 2 aromatic heterocycles. The van der Waals surface area contributed by atoms with Crippen LogP contribution in [0.5, 0.6) is 0 Å². The molecule has 1 aromatic carbocycles. The van der Waals surface area contributed by atoms with Crippen molar-refractivity contribution in [2.24, 2.45) is 5.41 Å². The third-order valence-electron chi connectivity index (χ3n) is 5.37. The van der Waals surface area contributed by atoms with E-state index in [1.54, 1.807) is 0 Å². The van der Waals surface area contributed by atoms with Crippen molar-refractivity contribution < 1.29 is 4.79 Å². The number of anilines is 3. The zero-order chi connectivity index (χ0) is 23.3. The van der Waals surface area contributed by atoms with Crippen molar-refractivity contribution in [3.63, 3.8) is 0 Å². The zero-order valence-corrected chi connectivity index (χ0v) is 19.4. The molecule has 0 aliphatic carbocycles. The van der Waals surface area contributed by atoms with E-state index in [4.69, 9.17) is 4.98 Å². The minimum absolute atomic E-state index is 0.154. The largest absolute Gasteiger partial charge is 0.323 e. The van der Waals surface area contributed by atoms with Crippen LogP contribution in [0.25, 0.3) is 11.3 Å². The van der Waals surface area contributed by atoms with Crippen LogP contribution < -0.4 is 16.0 Å². The van der Waals surface area contributed by atoms with Gasteiger partial charge in [-0.2, -0.15) is 5.10 Å². The van der Waals surface area contributed by atoms with Gasteiger partial charge in [0, 0.05) is 35.6 Å². The van der Waals surface area contributed by atoms with Crippen LogP contribution in [0.1, 0.15) is 39.0 Å². The lowest BCUT2D eigenvalue weighted by Crippen LogP contribution is -2.37. The normalized spacial score (nSPS) is 12.3. The Morgan fingerprint density at radius 2 is 1.97 bits per heavy atom. The minimum atomic E-state index is -0.250. The number of carbonyl (C=O) groups is 1. The first kappa shape index (κ1) is 23.2. The summed E-state index contributed by atoms with van der Waals surface area (Å²) in [6.07, 6.45) is 1.25. The number of nitrogens with zero attached hydrogens (tertiary/aromatic N) is 2. The highest BCUT2D eigenvalue weighted by atomic mass is 16.1. The maximum atomic E-state index is 11.7. The summed E-state index contributed by atoms with van der Waals surface area (Å²) in [7, 11) is 0. The monoisotopic (exact) mass is 432 g/mol. The fraction of sp³-hybridized carbons (Fsp3) is 0.320. The first-order valence-electron chi connectivity index (χ1n) is 10.7. The SMILES string of the molecule is C=CC(=O)Nc1cccc(-c2cc(CNC(C)C(C)(C)C)cc(Nc3cc(C)[nH]n3)n2)c1. The molecule has 1 unspecified atom stereocenters. The van der Waals surface area contributed by atoms with Crippen LogP contribution in [0, 0.1) is 12.3 Å². The third-order valence-corrected chi connectivity index (χ3v) is 5.37. The van der Waals surface area contributed by atoms with Crippen molar-refractivity contribution in [3.05, 3.63) is 66.4 Å². The molecular formula is C25H32N6O. The molecule has 4 N–H and O–H groups in total. The van der Waals surface area contributed by atoms with E-state index in [9.17, 15) is 4.79 Å². The van der Waals surface area contributed by atoms with Gasteiger partial charge in [0.05, 0.1) is 5.69 Å². The van der Waals surface area contributed by atoms with Gasteiger partial charge < -0.3 is 16.0 Å². The smallest absolute Gasteiger partial charge is 0.247 e. The van der Waals surface area contributed by atoms with Crippen molar-refractivity contribution in [2.45, 2.75) is 47.2 Å². The summed E-state index contributed by atoms with van der Waals surface area (Å²) in [6, 6.07) is 14.0. The van der Waals surface area contributed by atoms with Crippen LogP contribution in [0.2, 0.25) is 0 Å². The second kappa shape index (κ2) is 9.78. The quantitative estimate of drug-likeness (QED) is 0.368. The van der Waals surface area contributed by atoms with E-state index >= 15 is 0 Å². The topological polar surface area (TPSA) is 94.7 Å². The second-order valence-electron chi connectivity index (χ2n) is 9.05. The van der Waals surface area contributed by atoms with E-state index in [0.717, 1.165) is 22.5 Å². The number of carbonyl (C=O) groups excluding carboxylic acids is 1. The Bertz CT molecular complexity index is 1100. The van der Waals surface area contributed by atoms with Gasteiger partial charge in [0.2, 0.25) is 5.91 Å². The third kappa shape index (κ3) is 6.28. The second-order valence-corrected chi connectivity index (χ2v) is 9.05. The molecule has 1 atom stereocenters. The summed E-state index contributed by atoms with van der Waals surface area (Å²) in [5.41, 5.74) is 4.62. The fourth-order valence-corrected chi connectivity index (χ4v) is 3.04. The Kier molecular flexibility index (Phi) is 7.10. The van der Waals surface area contributed by atoms with E-state index in [1.807, 2.05) is 43.3 Å². The summed E-state index contributed by atoms with van der Waals surface area (Å²) in [4.78, 5) is 16.5. The number of nitrogens with one attached hydrogen (secondary N) is 4. The van der Waals surface area contributed by atoms with Gasteiger partial charge >= 0.3 is 0 Å². The highest BCUT2D eigenvalue weighted by Crippen LogP contribution is 2.26. The van der Waals surface area contributed by atoms with Gasteiger partial charge in [-0.15, -0.1) is 0 Å². The van der Waals surface area contributed by atoms with E-state index in [-0.39, 0.29) is 11.3 Å². The molecule has 0 bridgehead atoms. The van der Waals surface area contributed by atoms with Crippen LogP contribution in [-0.2, 0) is 11.3 Å². The molecule has 2 heterocycles. The molecule has 3 rings (SSSR count). The lowest BCUT2D eigenvalue weighted by molar-refractivity contribution is -0.111. The number of rotatable bonds is 8. The van der Waals surface area contributed by atoms with Crippen molar-refractivity contribution in [1.82, 2.24) is 20.5 Å². The van der Waals surface area contributed by atoms with Crippen LogP contribution in [-0.4, -0.2) is 27.1 Å². The van der Waals surface area contributed by atoms with Crippen molar-refractivity contribution in [1.29, 1.82) is 0 Å². The Morgan fingerprint density at radius 1 is 1.19 bits per heavy atom. The lowest BCUT2D eigenvalue weighted by Gasteiger charge is -2.28. The molecular weight excluding hydrogens is 400 g/mol. The molecule has 32 heavy (non-hydrogen) atoms. The predicted molar refractivity (Wildman–Crippen MR) is 131 cm³/mol. The number of benzene rings is 1. The molecule has 0 radical (unpaired) electrons. The molecule has 1 amide bonds. The molecule has 168 valence electrons. The molecule has 7 heteroatoms. The Labute approximate surface area is 189 Å². The van der Waals surface area contributed by atoms with Crippen LogP contribution in [0.3, 0.4) is 0 Å². The van der Waals surface area contributed by atoms with Gasteiger partial charge in [-0.05, 0) is 55.2 Å². The summed E-state index contributed by atoms with van der Waals surface area (Å²) < 4.78 is 0. The zero-order valence-electron chi connectivity index (χ0n) is 19.4. The van der Waals surface area contributed by atoms with Gasteiger partial charge in [-0.25, -0.2) is 4.98 Å². The molecule has 0 saturated carbocycles. The number of aromatic nitrogens is 3. The highest BCUT2D eigenvalue weighted by Gasteiger charge is 2.19. The lowest BCUT2D eigenvalue weighted by atomic mass is 9.88. The van der Waals surface area contributed by atoms with E-state index < -0.39 is 0 Å². The highest BCUT2D eigenvalue weighted by molar-refractivity contribution is 5.99. The average Bonchev–Trinajstić information content (AvgIpc) is 3.15. The summed E-state index contributed by atoms with van der Waals surface area (Å²) in [5, 5.41) is 16.9. The summed E-state index contributed by atoms with van der Waals surface area (Å²) in [6.45, 7) is 15.0. The van der Waals surface area contributed by atoms with Crippen molar-refractivity contribution in [2.75, 3.05) is 10.6 Å². The van der Waals surface area contributed by atoms with Crippen molar-refractivity contribution in [3.8, 4) is 11.3 Å². The molecule has 3 aromatic rings. The first-order chi connectivity index (χ1) is 15.1. The fourth-order valence-electron chi connectivity index (χ4n) is 3.04. The predicted octanol–water partition coefficient (Wildman–Crippen LogP) is 5.17. The molecule has 0 aliphatic rings. The van der Waals surface area contributed by atoms with Crippen LogP contribution in [0.4, 0.5) is 17.3 Å². The van der Waals surface area contributed by atoms with Gasteiger partial charge in [0.1, 0.15) is 5.82 Å². The first-order valence-corrected chi connectivity index (χ1v) is 10.7. The van der Waals surface area contributed by atoms with Gasteiger partial charge in [0.25, 0.3) is 0 Å². The minimum Gasteiger partial charge on any atom is -0.323 e. The Morgan fingerprint density at radius 3 is 2.62 bits per heavy atom. The van der Waals surface area contributed by atoms with E-state index in [0.29, 0.717) is 29.9 Å². The number of aromatic amines is 1. The number of amides is 1. The molecule has 0 aliphatic heterocycles. The van der Waals surface area contributed by atoms with Gasteiger partial charge in [0.15, 0.2) is 5.82 Å². The van der Waals surface area contributed by atoms with Crippen molar-refractivity contribution >= 4 is 23.2 Å². The maximum Gasteiger partial charge on any atom is 0.247 e. The standard InChI is InChI=1S/C25H32N6O/c1-7-24(32)27-20-10-8-9-19(14-20)21-12-18(15-26-17(3)25(4,5)6)13-22(28-21)29-23-11-16(2)30-31-23/h7-14,17,26H,1,15H2,2-6H3,(H,27,32)(H2,28,29,30,31). The summed E-state index contributed by atoms with van der Waals surface area (Å²) >= 11 is 0. The van der Waals surface area contributed by atoms with Gasteiger partial charge in [-0.1, -0.05) is 39.5 Å². The number of H-pyrrole nitrogens is 1.